The van der Waals surface area contributed by atoms with Crippen LogP contribution in [0.4, 0.5) is 0 Å². The van der Waals surface area contributed by atoms with Crippen molar-refractivity contribution in [3.8, 4) is 6.07 Å². The molecule has 0 saturated carbocycles. The van der Waals surface area contributed by atoms with E-state index < -0.39 is 11.7 Å². The molecule has 2 aromatic heterocycles. The summed E-state index contributed by atoms with van der Waals surface area (Å²) in [5.74, 6) is -1.04. The molecule has 1 atom stereocenters. The van der Waals surface area contributed by atoms with Crippen molar-refractivity contribution in [2.24, 2.45) is 7.05 Å². The number of nitrogens with zero attached hydrogens (tertiary/aromatic N) is 5. The van der Waals surface area contributed by atoms with E-state index >= 15 is 0 Å². The Morgan fingerprint density at radius 3 is 2.79 bits per heavy atom. The van der Waals surface area contributed by atoms with Gasteiger partial charge in [0.15, 0.2) is 11.1 Å². The molecule has 0 saturated heterocycles. The van der Waals surface area contributed by atoms with Gasteiger partial charge < -0.3 is 4.57 Å². The standard InChI is InChI=1S/C16H12BrN5OS/c1-22-12-6-4-3-5-11(12)20-15(22)9(7-18)14(23)13-10(17)8-19-16(21-13)24-2/h3-6,8-9H,1-2H3/t9-/m0/s1. The summed E-state index contributed by atoms with van der Waals surface area (Å²) in [7, 11) is 1.80. The predicted molar refractivity (Wildman–Crippen MR) is 94.9 cm³/mol. The van der Waals surface area contributed by atoms with Crippen molar-refractivity contribution in [3.05, 3.63) is 46.5 Å². The molecular formula is C16H12BrN5OS. The molecule has 0 aliphatic carbocycles. The van der Waals surface area contributed by atoms with Crippen LogP contribution in [0.3, 0.4) is 0 Å². The molecule has 0 radical (unpaired) electrons. The molecule has 0 unspecified atom stereocenters. The lowest BCUT2D eigenvalue weighted by Crippen LogP contribution is -2.17. The third-order valence-electron chi connectivity index (χ3n) is 3.61. The summed E-state index contributed by atoms with van der Waals surface area (Å²) >= 11 is 4.62. The van der Waals surface area contributed by atoms with E-state index in [9.17, 15) is 10.1 Å². The fraction of sp³-hybridized carbons (Fsp3) is 0.188. The first kappa shape index (κ1) is 16.6. The number of hydrogen-bond donors (Lipinski definition) is 0. The predicted octanol–water partition coefficient (Wildman–Crippen LogP) is 3.34. The van der Waals surface area contributed by atoms with Gasteiger partial charge in [-0.25, -0.2) is 15.0 Å². The number of hydrogen-bond acceptors (Lipinski definition) is 6. The zero-order valence-electron chi connectivity index (χ0n) is 12.9. The molecule has 3 aromatic rings. The lowest BCUT2D eigenvalue weighted by molar-refractivity contribution is 0.0968. The maximum atomic E-state index is 12.9. The molecule has 0 aliphatic rings. The largest absolute Gasteiger partial charge is 0.330 e. The van der Waals surface area contributed by atoms with Gasteiger partial charge in [-0.15, -0.1) is 0 Å². The molecule has 0 fully saturated rings. The van der Waals surface area contributed by atoms with Gasteiger partial charge in [-0.05, 0) is 34.3 Å². The maximum Gasteiger partial charge on any atom is 0.207 e. The highest BCUT2D eigenvalue weighted by Crippen LogP contribution is 2.26. The van der Waals surface area contributed by atoms with Crippen LogP contribution in [-0.2, 0) is 7.05 Å². The number of rotatable bonds is 4. The Hall–Kier alpha value is -2.24. The molecule has 2 heterocycles. The highest BCUT2D eigenvalue weighted by Gasteiger charge is 2.29. The van der Waals surface area contributed by atoms with Crippen molar-refractivity contribution in [1.82, 2.24) is 19.5 Å². The zero-order valence-corrected chi connectivity index (χ0v) is 15.3. The Bertz CT molecular complexity index is 978. The summed E-state index contributed by atoms with van der Waals surface area (Å²) in [5, 5.41) is 10.1. The summed E-state index contributed by atoms with van der Waals surface area (Å²) in [6, 6.07) is 9.57. The van der Waals surface area contributed by atoms with Crippen LogP contribution < -0.4 is 0 Å². The van der Waals surface area contributed by atoms with Crippen LogP contribution in [0.25, 0.3) is 11.0 Å². The van der Waals surface area contributed by atoms with E-state index in [2.05, 4.69) is 37.0 Å². The summed E-state index contributed by atoms with van der Waals surface area (Å²) in [6.45, 7) is 0. The molecule has 3 rings (SSSR count). The van der Waals surface area contributed by atoms with Gasteiger partial charge in [0.1, 0.15) is 11.5 Å². The summed E-state index contributed by atoms with van der Waals surface area (Å²) < 4.78 is 2.23. The number of para-hydroxylation sites is 2. The van der Waals surface area contributed by atoms with Crippen LogP contribution in [0, 0.1) is 11.3 Å². The van der Waals surface area contributed by atoms with Crippen LogP contribution in [0.2, 0.25) is 0 Å². The average molecular weight is 402 g/mol. The number of nitriles is 1. The van der Waals surface area contributed by atoms with E-state index in [0.29, 0.717) is 15.5 Å². The second-order valence-electron chi connectivity index (χ2n) is 5.00. The van der Waals surface area contributed by atoms with Crippen molar-refractivity contribution in [2.45, 2.75) is 11.1 Å². The highest BCUT2D eigenvalue weighted by molar-refractivity contribution is 9.10. The van der Waals surface area contributed by atoms with Crippen LogP contribution in [0.5, 0.6) is 0 Å². The van der Waals surface area contributed by atoms with E-state index in [1.54, 1.807) is 11.6 Å². The summed E-state index contributed by atoms with van der Waals surface area (Å²) in [6.07, 6.45) is 3.35. The number of fused-ring (bicyclic) bond motifs is 1. The third-order valence-corrected chi connectivity index (χ3v) is 4.75. The first-order valence-electron chi connectivity index (χ1n) is 6.98. The number of Topliss-reactive ketones (excluding diaryl/α,β-unsaturated/α-hetero) is 1. The normalized spacial score (nSPS) is 12.1. The summed E-state index contributed by atoms with van der Waals surface area (Å²) in [5.41, 5.74) is 1.80. The maximum absolute atomic E-state index is 12.9. The third kappa shape index (κ3) is 2.81. The van der Waals surface area contributed by atoms with E-state index in [-0.39, 0.29) is 5.69 Å². The number of benzene rings is 1. The molecule has 24 heavy (non-hydrogen) atoms. The molecule has 0 bridgehead atoms. The minimum Gasteiger partial charge on any atom is -0.330 e. The van der Waals surface area contributed by atoms with Crippen LogP contribution >= 0.6 is 27.7 Å². The topological polar surface area (TPSA) is 84.5 Å². The molecule has 1 aromatic carbocycles. The van der Waals surface area contributed by atoms with Gasteiger partial charge in [-0.1, -0.05) is 23.9 Å². The van der Waals surface area contributed by atoms with Crippen molar-refractivity contribution in [3.63, 3.8) is 0 Å². The number of aryl methyl sites for hydroxylation is 1. The van der Waals surface area contributed by atoms with Gasteiger partial charge in [0, 0.05) is 13.2 Å². The zero-order chi connectivity index (χ0) is 17.3. The number of aromatic nitrogens is 4. The molecule has 0 amide bonds. The fourth-order valence-corrected chi connectivity index (χ4v) is 3.14. The molecule has 6 nitrogen and oxygen atoms in total. The lowest BCUT2D eigenvalue weighted by Gasteiger charge is -2.10. The van der Waals surface area contributed by atoms with E-state index in [0.717, 1.165) is 11.0 Å². The fourth-order valence-electron chi connectivity index (χ4n) is 2.41. The van der Waals surface area contributed by atoms with Crippen molar-refractivity contribution in [1.29, 1.82) is 5.26 Å². The number of ketones is 1. The Morgan fingerprint density at radius 2 is 2.12 bits per heavy atom. The smallest absolute Gasteiger partial charge is 0.207 e. The molecule has 8 heteroatoms. The molecular weight excluding hydrogens is 390 g/mol. The van der Waals surface area contributed by atoms with Gasteiger partial charge in [-0.2, -0.15) is 5.26 Å². The van der Waals surface area contributed by atoms with E-state index in [4.69, 9.17) is 0 Å². The number of imidazole rings is 1. The molecule has 0 N–H and O–H groups in total. The quantitative estimate of drug-likeness (QED) is 0.378. The minimum atomic E-state index is -1.04. The van der Waals surface area contributed by atoms with Crippen LogP contribution in [0.1, 0.15) is 22.2 Å². The van der Waals surface area contributed by atoms with E-state index in [1.807, 2.05) is 30.5 Å². The second-order valence-corrected chi connectivity index (χ2v) is 6.63. The highest BCUT2D eigenvalue weighted by atomic mass is 79.9. The Balaban J connectivity index is 2.10. The van der Waals surface area contributed by atoms with Gasteiger partial charge in [-0.3, -0.25) is 4.79 Å². The lowest BCUT2D eigenvalue weighted by atomic mass is 10.0. The Morgan fingerprint density at radius 1 is 1.38 bits per heavy atom. The number of carbonyl (C=O) groups is 1. The molecule has 0 spiro atoms. The van der Waals surface area contributed by atoms with Gasteiger partial charge in [0.2, 0.25) is 5.78 Å². The van der Waals surface area contributed by atoms with Gasteiger partial charge in [0.25, 0.3) is 0 Å². The van der Waals surface area contributed by atoms with Gasteiger partial charge >= 0.3 is 0 Å². The van der Waals surface area contributed by atoms with Crippen LogP contribution in [0.15, 0.2) is 40.1 Å². The average Bonchev–Trinajstić information content (AvgIpc) is 2.93. The SMILES string of the molecule is CSc1ncc(Br)c(C(=O)[C@H](C#N)c2nc3ccccc3n2C)n1. The van der Waals surface area contributed by atoms with Crippen molar-refractivity contribution >= 4 is 44.5 Å². The second kappa shape index (κ2) is 6.71. The number of carbonyl (C=O) groups excluding carboxylic acids is 1. The first-order chi connectivity index (χ1) is 11.6. The summed E-state index contributed by atoms with van der Waals surface area (Å²) in [4.78, 5) is 25.7. The number of thioether (sulfide) groups is 1. The molecule has 120 valence electrons. The number of halogens is 1. The monoisotopic (exact) mass is 401 g/mol. The Labute approximate surface area is 151 Å². The Kier molecular flexibility index (Phi) is 4.64. The first-order valence-corrected chi connectivity index (χ1v) is 9.00. The van der Waals surface area contributed by atoms with Crippen molar-refractivity contribution < 1.29 is 4.79 Å². The van der Waals surface area contributed by atoms with Gasteiger partial charge in [0.05, 0.1) is 21.6 Å². The molecule has 0 aliphatic heterocycles. The minimum absolute atomic E-state index is 0.188. The van der Waals surface area contributed by atoms with E-state index in [1.165, 1.54) is 18.0 Å². The van der Waals surface area contributed by atoms with Crippen LogP contribution in [-0.4, -0.2) is 31.6 Å². The van der Waals surface area contributed by atoms with Crippen molar-refractivity contribution in [2.75, 3.05) is 6.26 Å².